The smallest absolute Gasteiger partial charge is 0.137 e. The van der Waals surface area contributed by atoms with Gasteiger partial charge in [-0.15, -0.1) is 0 Å². The Morgan fingerprint density at radius 2 is 0.782 bits per heavy atom. The summed E-state index contributed by atoms with van der Waals surface area (Å²) in [6.07, 6.45) is 0. The molecule has 0 bridgehead atoms. The van der Waals surface area contributed by atoms with Crippen LogP contribution in [0, 0.1) is 0 Å². The van der Waals surface area contributed by atoms with Crippen molar-refractivity contribution in [3.05, 3.63) is 200 Å². The molecule has 0 atom stereocenters. The molecule has 0 fully saturated rings. The van der Waals surface area contributed by atoms with Crippen LogP contribution in [0.15, 0.2) is 209 Å². The minimum Gasteiger partial charge on any atom is -0.456 e. The number of hydrogen-bond acceptors (Lipinski definition) is 3. The molecule has 258 valence electrons. The average Bonchev–Trinajstić information content (AvgIpc) is 3.82. The lowest BCUT2D eigenvalue weighted by molar-refractivity contribution is 0.668. The second kappa shape index (κ2) is 12.6. The summed E-state index contributed by atoms with van der Waals surface area (Å²) in [6, 6.07) is 71.1. The van der Waals surface area contributed by atoms with Gasteiger partial charge in [-0.1, -0.05) is 133 Å². The van der Waals surface area contributed by atoms with Crippen LogP contribution in [0.1, 0.15) is 0 Å². The molecule has 0 unspecified atom stereocenters. The van der Waals surface area contributed by atoms with E-state index in [1.165, 1.54) is 27.5 Å². The minimum atomic E-state index is 0.853. The summed E-state index contributed by atoms with van der Waals surface area (Å²) in [4.78, 5) is 2.34. The molecule has 0 aliphatic heterocycles. The van der Waals surface area contributed by atoms with Crippen LogP contribution in [0.4, 0.5) is 17.1 Å². The predicted molar refractivity (Wildman–Crippen MR) is 229 cm³/mol. The van der Waals surface area contributed by atoms with Gasteiger partial charge in [0.25, 0.3) is 0 Å². The number of nitrogens with zero attached hydrogens (tertiary/aromatic N) is 1. The minimum absolute atomic E-state index is 0.853. The number of benzene rings is 9. The van der Waals surface area contributed by atoms with Crippen molar-refractivity contribution in [2.24, 2.45) is 0 Å². The lowest BCUT2D eigenvalue weighted by Gasteiger charge is -2.28. The van der Waals surface area contributed by atoms with Crippen LogP contribution >= 0.6 is 0 Å². The van der Waals surface area contributed by atoms with Gasteiger partial charge in [-0.3, -0.25) is 0 Å². The molecule has 11 aromatic rings. The Bertz CT molecular complexity index is 3220. The molecule has 9 aromatic carbocycles. The lowest BCUT2D eigenvalue weighted by atomic mass is 9.93. The molecule has 2 aromatic heterocycles. The van der Waals surface area contributed by atoms with E-state index >= 15 is 0 Å². The summed E-state index contributed by atoms with van der Waals surface area (Å²) in [7, 11) is 0. The van der Waals surface area contributed by atoms with Crippen molar-refractivity contribution >= 4 is 71.7 Å². The SMILES string of the molecule is c1ccc(-c2ccc3ccccc3c2)c(-c2ccc(N(c3ccc4c(c3)oc3ccccc34)c3ccccc3-c3ccc4c(c3)oc3ccccc34)cc2)c1. The molecular weight excluding hydrogens is 671 g/mol. The zero-order valence-corrected chi connectivity index (χ0v) is 29.8. The van der Waals surface area contributed by atoms with Crippen LogP contribution in [0.25, 0.3) is 88.0 Å². The van der Waals surface area contributed by atoms with Crippen LogP contribution in [0.2, 0.25) is 0 Å². The molecule has 3 heteroatoms. The summed E-state index contributed by atoms with van der Waals surface area (Å²) in [5.41, 5.74) is 13.5. The van der Waals surface area contributed by atoms with Gasteiger partial charge in [0.2, 0.25) is 0 Å². The highest BCUT2D eigenvalue weighted by molar-refractivity contribution is 6.08. The molecular formula is C52H33NO2. The van der Waals surface area contributed by atoms with Gasteiger partial charge in [0.15, 0.2) is 0 Å². The zero-order valence-electron chi connectivity index (χ0n) is 29.8. The second-order valence-electron chi connectivity index (χ2n) is 14.1. The van der Waals surface area contributed by atoms with Crippen LogP contribution < -0.4 is 4.90 Å². The van der Waals surface area contributed by atoms with Crippen LogP contribution in [0.5, 0.6) is 0 Å². The number of furan rings is 2. The second-order valence-corrected chi connectivity index (χ2v) is 14.1. The normalized spacial score (nSPS) is 11.6. The number of para-hydroxylation sites is 3. The third-order valence-electron chi connectivity index (χ3n) is 10.9. The predicted octanol–water partition coefficient (Wildman–Crippen LogP) is 15.1. The van der Waals surface area contributed by atoms with Crippen LogP contribution in [-0.4, -0.2) is 0 Å². The molecule has 0 amide bonds. The van der Waals surface area contributed by atoms with E-state index in [1.54, 1.807) is 0 Å². The molecule has 11 rings (SSSR count). The third kappa shape index (κ3) is 5.28. The Balaban J connectivity index is 1.06. The summed E-state index contributed by atoms with van der Waals surface area (Å²) in [6.45, 7) is 0. The van der Waals surface area contributed by atoms with Gasteiger partial charge in [0.05, 0.1) is 5.69 Å². The number of hydrogen-bond donors (Lipinski definition) is 0. The highest BCUT2D eigenvalue weighted by atomic mass is 16.3. The molecule has 0 saturated heterocycles. The largest absolute Gasteiger partial charge is 0.456 e. The summed E-state index contributed by atoms with van der Waals surface area (Å²) in [5, 5.41) is 6.93. The molecule has 0 aliphatic carbocycles. The van der Waals surface area contributed by atoms with Gasteiger partial charge >= 0.3 is 0 Å². The van der Waals surface area contributed by atoms with Gasteiger partial charge in [0.1, 0.15) is 22.3 Å². The summed E-state index contributed by atoms with van der Waals surface area (Å²) < 4.78 is 12.8. The van der Waals surface area contributed by atoms with Crippen molar-refractivity contribution in [3.63, 3.8) is 0 Å². The molecule has 0 spiro atoms. The van der Waals surface area contributed by atoms with E-state index in [1.807, 2.05) is 24.3 Å². The maximum atomic E-state index is 6.43. The quantitative estimate of drug-likeness (QED) is 0.173. The number of rotatable bonds is 6. The molecule has 0 saturated carbocycles. The molecule has 0 radical (unpaired) electrons. The highest BCUT2D eigenvalue weighted by Gasteiger charge is 2.20. The van der Waals surface area contributed by atoms with E-state index < -0.39 is 0 Å². The maximum Gasteiger partial charge on any atom is 0.137 e. The van der Waals surface area contributed by atoms with Crippen molar-refractivity contribution in [1.29, 1.82) is 0 Å². The Labute approximate surface area is 317 Å². The first-order chi connectivity index (χ1) is 27.2. The van der Waals surface area contributed by atoms with Gasteiger partial charge in [-0.25, -0.2) is 0 Å². The van der Waals surface area contributed by atoms with E-state index in [9.17, 15) is 0 Å². The lowest BCUT2D eigenvalue weighted by Crippen LogP contribution is -2.11. The molecule has 0 aliphatic rings. The summed E-state index contributed by atoms with van der Waals surface area (Å²) >= 11 is 0. The summed E-state index contributed by atoms with van der Waals surface area (Å²) in [5.74, 6) is 0. The van der Waals surface area contributed by atoms with Gasteiger partial charge in [0, 0.05) is 44.5 Å². The Morgan fingerprint density at radius 1 is 0.291 bits per heavy atom. The fourth-order valence-corrected chi connectivity index (χ4v) is 8.22. The van der Waals surface area contributed by atoms with Gasteiger partial charge in [-0.2, -0.15) is 0 Å². The van der Waals surface area contributed by atoms with E-state index in [2.05, 4.69) is 181 Å². The standard InChI is InChI=1S/C52H33NO2/c1-2-12-36-31-37(22-21-34(36)11-1)42-14-4-3-13-41(42)35-23-26-39(27-24-35)53(40-28-30-47-45-17-7-10-20-50(45)55-52(47)33-40)48-18-8-5-15-43(48)38-25-29-46-44-16-6-9-19-49(44)54-51(46)32-38/h1-33H. The molecule has 0 N–H and O–H groups in total. The fraction of sp³-hybridized carbons (Fsp3) is 0. The van der Waals surface area contributed by atoms with Crippen molar-refractivity contribution in [1.82, 2.24) is 0 Å². The Kier molecular flexibility index (Phi) is 7.17. The Morgan fingerprint density at radius 3 is 1.53 bits per heavy atom. The van der Waals surface area contributed by atoms with Crippen molar-refractivity contribution in [3.8, 4) is 33.4 Å². The van der Waals surface area contributed by atoms with E-state index in [-0.39, 0.29) is 0 Å². The highest BCUT2D eigenvalue weighted by Crippen LogP contribution is 2.44. The maximum absolute atomic E-state index is 6.43. The van der Waals surface area contributed by atoms with Crippen molar-refractivity contribution < 1.29 is 8.83 Å². The van der Waals surface area contributed by atoms with Crippen molar-refractivity contribution in [2.45, 2.75) is 0 Å². The van der Waals surface area contributed by atoms with E-state index in [4.69, 9.17) is 8.83 Å². The first-order valence-corrected chi connectivity index (χ1v) is 18.7. The first kappa shape index (κ1) is 31.2. The molecule has 3 nitrogen and oxygen atoms in total. The zero-order chi connectivity index (χ0) is 36.3. The molecule has 2 heterocycles. The topological polar surface area (TPSA) is 29.5 Å². The van der Waals surface area contributed by atoms with Gasteiger partial charge in [-0.05, 0) is 99.3 Å². The average molecular weight is 704 g/mol. The first-order valence-electron chi connectivity index (χ1n) is 18.7. The Hall–Kier alpha value is -7.36. The van der Waals surface area contributed by atoms with Crippen LogP contribution in [0.3, 0.4) is 0 Å². The van der Waals surface area contributed by atoms with Gasteiger partial charge < -0.3 is 13.7 Å². The number of anilines is 3. The monoisotopic (exact) mass is 703 g/mol. The van der Waals surface area contributed by atoms with E-state index in [0.29, 0.717) is 0 Å². The van der Waals surface area contributed by atoms with E-state index in [0.717, 1.165) is 77.6 Å². The number of fused-ring (bicyclic) bond motifs is 7. The van der Waals surface area contributed by atoms with Crippen molar-refractivity contribution in [2.75, 3.05) is 4.90 Å². The third-order valence-corrected chi connectivity index (χ3v) is 10.9. The van der Waals surface area contributed by atoms with Crippen LogP contribution in [-0.2, 0) is 0 Å². The molecule has 55 heavy (non-hydrogen) atoms. The fourth-order valence-electron chi connectivity index (χ4n) is 8.22.